The lowest BCUT2D eigenvalue weighted by Crippen LogP contribution is -2.06. The molecule has 0 aliphatic rings. The zero-order chi connectivity index (χ0) is 13.9. The Morgan fingerprint density at radius 1 is 1.05 bits per heavy atom. The second kappa shape index (κ2) is 5.13. The number of nitrogens with two attached hydrogens (primary N) is 1. The molecule has 0 aliphatic heterocycles. The fraction of sp³-hybridized carbons (Fsp3) is 0.133. The highest BCUT2D eigenvalue weighted by Crippen LogP contribution is 2.18. The molecule has 20 heavy (non-hydrogen) atoms. The lowest BCUT2D eigenvalue weighted by atomic mass is 10.2. The Morgan fingerprint density at radius 3 is 2.50 bits per heavy atom. The Balaban J connectivity index is 1.83. The number of pyridine rings is 1. The van der Waals surface area contributed by atoms with E-state index in [0.29, 0.717) is 18.2 Å². The van der Waals surface area contributed by atoms with Crippen LogP contribution in [0.2, 0.25) is 0 Å². The van der Waals surface area contributed by atoms with Crippen LogP contribution < -0.4 is 11.1 Å². The van der Waals surface area contributed by atoms with Crippen LogP contribution in [-0.2, 0) is 6.54 Å². The number of hydrogen-bond acceptors (Lipinski definition) is 5. The molecule has 0 fully saturated rings. The number of hydrogen-bond donors (Lipinski definition) is 2. The van der Waals surface area contributed by atoms with E-state index in [-0.39, 0.29) is 0 Å². The summed E-state index contributed by atoms with van der Waals surface area (Å²) in [6, 6.07) is 11.7. The van der Waals surface area contributed by atoms with E-state index in [1.165, 1.54) is 0 Å². The van der Waals surface area contributed by atoms with Gasteiger partial charge in [0.25, 0.3) is 0 Å². The number of anilines is 2. The molecule has 0 amide bonds. The monoisotopic (exact) mass is 265 g/mol. The van der Waals surface area contributed by atoms with E-state index < -0.39 is 0 Å². The van der Waals surface area contributed by atoms with E-state index >= 15 is 0 Å². The molecule has 3 N–H and O–H groups in total. The minimum Gasteiger partial charge on any atom is -0.381 e. The zero-order valence-corrected chi connectivity index (χ0v) is 11.2. The van der Waals surface area contributed by atoms with Crippen molar-refractivity contribution in [3.05, 3.63) is 53.9 Å². The van der Waals surface area contributed by atoms with E-state index in [1.807, 2.05) is 49.5 Å². The van der Waals surface area contributed by atoms with E-state index in [1.54, 1.807) is 0 Å². The van der Waals surface area contributed by atoms with Crippen LogP contribution in [0.5, 0.6) is 0 Å². The van der Waals surface area contributed by atoms with Crippen LogP contribution in [-0.4, -0.2) is 15.0 Å². The van der Waals surface area contributed by atoms with Crippen LogP contribution in [0.15, 0.2) is 42.6 Å². The SMILES string of the molecule is Cc1ccc(CNc2nc3ccccc3nc2N)cn1. The summed E-state index contributed by atoms with van der Waals surface area (Å²) in [5, 5.41) is 3.20. The van der Waals surface area contributed by atoms with Crippen LogP contribution >= 0.6 is 0 Å². The first kappa shape index (κ1) is 12.3. The molecule has 0 saturated carbocycles. The third kappa shape index (κ3) is 2.51. The third-order valence-corrected chi connectivity index (χ3v) is 3.03. The average Bonchev–Trinajstić information content (AvgIpc) is 2.47. The minimum absolute atomic E-state index is 0.406. The van der Waals surface area contributed by atoms with Crippen molar-refractivity contribution in [2.75, 3.05) is 11.1 Å². The summed E-state index contributed by atoms with van der Waals surface area (Å²) in [5.74, 6) is 1.01. The Hall–Kier alpha value is -2.69. The quantitative estimate of drug-likeness (QED) is 0.761. The molecular weight excluding hydrogens is 250 g/mol. The zero-order valence-electron chi connectivity index (χ0n) is 11.2. The summed E-state index contributed by atoms with van der Waals surface area (Å²) in [5.41, 5.74) is 9.62. The van der Waals surface area contributed by atoms with Crippen LogP contribution in [0.3, 0.4) is 0 Å². The maximum absolute atomic E-state index is 5.92. The first-order chi connectivity index (χ1) is 9.72. The average molecular weight is 265 g/mol. The Morgan fingerprint density at radius 2 is 1.80 bits per heavy atom. The minimum atomic E-state index is 0.406. The van der Waals surface area contributed by atoms with Gasteiger partial charge in [0, 0.05) is 18.4 Å². The molecule has 2 heterocycles. The predicted molar refractivity (Wildman–Crippen MR) is 80.3 cm³/mol. The van der Waals surface area contributed by atoms with Gasteiger partial charge < -0.3 is 11.1 Å². The number of nitrogens with zero attached hydrogens (tertiary/aromatic N) is 3. The lowest BCUT2D eigenvalue weighted by molar-refractivity contribution is 1.07. The van der Waals surface area contributed by atoms with Crippen molar-refractivity contribution in [3.63, 3.8) is 0 Å². The molecule has 0 saturated heterocycles. The second-order valence-electron chi connectivity index (χ2n) is 4.61. The third-order valence-electron chi connectivity index (χ3n) is 3.03. The normalized spacial score (nSPS) is 10.7. The first-order valence-corrected chi connectivity index (χ1v) is 6.40. The van der Waals surface area contributed by atoms with Crippen LogP contribution in [0.1, 0.15) is 11.3 Å². The van der Waals surface area contributed by atoms with E-state index in [9.17, 15) is 0 Å². The molecule has 3 aromatic rings. The Labute approximate surface area is 116 Å². The molecule has 3 rings (SSSR count). The van der Waals surface area contributed by atoms with Crippen molar-refractivity contribution in [1.29, 1.82) is 0 Å². The van der Waals surface area contributed by atoms with Gasteiger partial charge in [-0.3, -0.25) is 4.98 Å². The largest absolute Gasteiger partial charge is 0.381 e. The lowest BCUT2D eigenvalue weighted by Gasteiger charge is -2.09. The van der Waals surface area contributed by atoms with Gasteiger partial charge in [-0.05, 0) is 30.7 Å². The highest BCUT2D eigenvalue weighted by Gasteiger charge is 2.05. The number of para-hydroxylation sites is 2. The highest BCUT2D eigenvalue weighted by atomic mass is 15.1. The molecule has 5 heteroatoms. The maximum atomic E-state index is 5.92. The van der Waals surface area contributed by atoms with Crippen molar-refractivity contribution in [1.82, 2.24) is 15.0 Å². The smallest absolute Gasteiger partial charge is 0.169 e. The van der Waals surface area contributed by atoms with Gasteiger partial charge in [0.1, 0.15) is 0 Å². The fourth-order valence-corrected chi connectivity index (χ4v) is 1.93. The second-order valence-corrected chi connectivity index (χ2v) is 4.61. The van der Waals surface area contributed by atoms with E-state index in [4.69, 9.17) is 5.73 Å². The van der Waals surface area contributed by atoms with Gasteiger partial charge >= 0.3 is 0 Å². The topological polar surface area (TPSA) is 76.7 Å². The summed E-state index contributed by atoms with van der Waals surface area (Å²) in [6.45, 7) is 2.58. The van der Waals surface area contributed by atoms with Gasteiger partial charge in [0.15, 0.2) is 11.6 Å². The van der Waals surface area contributed by atoms with E-state index in [2.05, 4.69) is 20.3 Å². The van der Waals surface area contributed by atoms with Gasteiger partial charge in [0.05, 0.1) is 11.0 Å². The van der Waals surface area contributed by atoms with Crippen LogP contribution in [0.25, 0.3) is 11.0 Å². The van der Waals surface area contributed by atoms with E-state index in [0.717, 1.165) is 22.3 Å². The number of rotatable bonds is 3. The number of aryl methyl sites for hydroxylation is 1. The molecule has 0 spiro atoms. The molecule has 0 unspecified atom stereocenters. The molecule has 5 nitrogen and oxygen atoms in total. The Bertz CT molecular complexity index is 737. The molecule has 1 aromatic carbocycles. The number of nitrogens with one attached hydrogen (secondary N) is 1. The van der Waals surface area contributed by atoms with Crippen molar-refractivity contribution in [2.45, 2.75) is 13.5 Å². The van der Waals surface area contributed by atoms with Crippen LogP contribution in [0.4, 0.5) is 11.6 Å². The van der Waals surface area contributed by atoms with Gasteiger partial charge in [-0.1, -0.05) is 18.2 Å². The maximum Gasteiger partial charge on any atom is 0.169 e. The van der Waals surface area contributed by atoms with Gasteiger partial charge in [-0.2, -0.15) is 0 Å². The molecule has 0 aliphatic carbocycles. The summed E-state index contributed by atoms with van der Waals surface area (Å²) >= 11 is 0. The molecule has 100 valence electrons. The number of fused-ring (bicyclic) bond motifs is 1. The summed E-state index contributed by atoms with van der Waals surface area (Å²) < 4.78 is 0. The van der Waals surface area contributed by atoms with Crippen molar-refractivity contribution < 1.29 is 0 Å². The predicted octanol–water partition coefficient (Wildman–Crippen LogP) is 2.53. The van der Waals surface area contributed by atoms with Gasteiger partial charge in [-0.25, -0.2) is 9.97 Å². The first-order valence-electron chi connectivity index (χ1n) is 6.40. The molecule has 0 bridgehead atoms. The summed E-state index contributed by atoms with van der Waals surface area (Å²) in [4.78, 5) is 13.1. The van der Waals surface area contributed by atoms with Crippen molar-refractivity contribution >= 4 is 22.7 Å². The summed E-state index contributed by atoms with van der Waals surface area (Å²) in [7, 11) is 0. The molecular formula is C15H15N5. The van der Waals surface area contributed by atoms with Crippen LogP contribution in [0, 0.1) is 6.92 Å². The molecule has 0 atom stereocenters. The molecule has 2 aromatic heterocycles. The highest BCUT2D eigenvalue weighted by molar-refractivity contribution is 5.79. The van der Waals surface area contributed by atoms with Gasteiger partial charge in [-0.15, -0.1) is 0 Å². The number of benzene rings is 1. The number of nitrogen functional groups attached to an aromatic ring is 1. The van der Waals surface area contributed by atoms with Gasteiger partial charge in [0.2, 0.25) is 0 Å². The van der Waals surface area contributed by atoms with Crippen molar-refractivity contribution in [3.8, 4) is 0 Å². The standard InChI is InChI=1S/C15H15N5/c1-10-6-7-11(8-17-10)9-18-15-14(16)19-12-4-2-3-5-13(12)20-15/h2-8H,9H2,1H3,(H2,16,19)(H,18,20). The number of aromatic nitrogens is 3. The van der Waals surface area contributed by atoms with Crippen molar-refractivity contribution in [2.24, 2.45) is 0 Å². The Kier molecular flexibility index (Phi) is 3.16. The summed E-state index contributed by atoms with van der Waals surface area (Å²) in [6.07, 6.45) is 1.84. The fourth-order valence-electron chi connectivity index (χ4n) is 1.93. The molecule has 0 radical (unpaired) electrons.